The first-order valence-electron chi connectivity index (χ1n) is 11.1. The Balaban J connectivity index is 1.43. The van der Waals surface area contributed by atoms with Gasteiger partial charge in [0.2, 0.25) is 5.91 Å². The molecule has 33 heavy (non-hydrogen) atoms. The molecule has 1 unspecified atom stereocenters. The van der Waals surface area contributed by atoms with Crippen LogP contribution in [0.4, 0.5) is 0 Å². The van der Waals surface area contributed by atoms with E-state index < -0.39 is 0 Å². The standard InChI is InChI=1S/C26H24Cl2N2O2S/c1-16-2-4-17(5-3-16)25-21-11-13-33-23(21)10-12-29(25)24(31)15-30(19-7-8-19)26(32)20-9-6-18(27)14-22(20)28/h2-6,9,11,13-14,19,25H,7-8,10,12,15H2,1H3. The second-order valence-electron chi connectivity index (χ2n) is 8.74. The van der Waals surface area contributed by atoms with Crippen LogP contribution >= 0.6 is 34.5 Å². The minimum atomic E-state index is -0.215. The molecule has 1 aromatic heterocycles. The molecule has 0 N–H and O–H groups in total. The quantitative estimate of drug-likeness (QED) is 0.423. The molecule has 0 saturated heterocycles. The third-order valence-electron chi connectivity index (χ3n) is 6.39. The Morgan fingerprint density at radius 1 is 1.09 bits per heavy atom. The van der Waals surface area contributed by atoms with E-state index in [4.69, 9.17) is 23.2 Å². The first-order valence-corrected chi connectivity index (χ1v) is 12.7. The first-order chi connectivity index (χ1) is 15.9. The molecule has 2 aromatic carbocycles. The zero-order valence-electron chi connectivity index (χ0n) is 18.3. The Kier molecular flexibility index (Phi) is 6.21. The van der Waals surface area contributed by atoms with Crippen LogP contribution in [-0.2, 0) is 11.2 Å². The van der Waals surface area contributed by atoms with Gasteiger partial charge < -0.3 is 9.80 Å². The molecule has 0 spiro atoms. The summed E-state index contributed by atoms with van der Waals surface area (Å²) in [6.07, 6.45) is 2.64. The van der Waals surface area contributed by atoms with Crippen molar-refractivity contribution in [1.29, 1.82) is 0 Å². The zero-order valence-corrected chi connectivity index (χ0v) is 20.6. The Hall–Kier alpha value is -2.34. The van der Waals surface area contributed by atoms with Gasteiger partial charge in [-0.3, -0.25) is 9.59 Å². The number of aryl methyl sites for hydroxylation is 1. The highest BCUT2D eigenvalue weighted by atomic mass is 35.5. The number of hydrogen-bond donors (Lipinski definition) is 0. The summed E-state index contributed by atoms with van der Waals surface area (Å²) in [5, 5.41) is 2.89. The maximum absolute atomic E-state index is 13.7. The molecule has 0 bridgehead atoms. The molecule has 2 aliphatic rings. The molecular weight excluding hydrogens is 475 g/mol. The molecule has 1 saturated carbocycles. The van der Waals surface area contributed by atoms with E-state index in [0.29, 0.717) is 22.2 Å². The molecule has 0 radical (unpaired) electrons. The normalized spacial score (nSPS) is 17.5. The molecule has 1 atom stereocenters. The first kappa shape index (κ1) is 22.5. The van der Waals surface area contributed by atoms with Crippen LogP contribution in [0.1, 0.15) is 50.8 Å². The summed E-state index contributed by atoms with van der Waals surface area (Å²) in [5.41, 5.74) is 3.85. The van der Waals surface area contributed by atoms with Gasteiger partial charge in [0.1, 0.15) is 6.54 Å². The highest BCUT2D eigenvalue weighted by Gasteiger charge is 2.38. The van der Waals surface area contributed by atoms with Crippen LogP contribution in [0.15, 0.2) is 53.9 Å². The molecule has 2 heterocycles. The lowest BCUT2D eigenvalue weighted by Gasteiger charge is -2.37. The van der Waals surface area contributed by atoms with E-state index in [-0.39, 0.29) is 30.4 Å². The van der Waals surface area contributed by atoms with Gasteiger partial charge in [0.15, 0.2) is 0 Å². The average molecular weight is 499 g/mol. The van der Waals surface area contributed by atoms with Gasteiger partial charge >= 0.3 is 0 Å². The van der Waals surface area contributed by atoms with Crippen molar-refractivity contribution in [2.45, 2.75) is 38.3 Å². The van der Waals surface area contributed by atoms with Gasteiger partial charge in [-0.25, -0.2) is 0 Å². The van der Waals surface area contributed by atoms with Crippen molar-refractivity contribution < 1.29 is 9.59 Å². The zero-order chi connectivity index (χ0) is 23.1. The number of amides is 2. The maximum atomic E-state index is 13.7. The van der Waals surface area contributed by atoms with E-state index in [1.54, 1.807) is 34.4 Å². The second kappa shape index (κ2) is 9.13. The average Bonchev–Trinajstić information content (AvgIpc) is 3.52. The van der Waals surface area contributed by atoms with Crippen molar-refractivity contribution in [3.8, 4) is 0 Å². The van der Waals surface area contributed by atoms with Crippen molar-refractivity contribution in [2.24, 2.45) is 0 Å². The van der Waals surface area contributed by atoms with Crippen LogP contribution in [0.2, 0.25) is 10.0 Å². The lowest BCUT2D eigenvalue weighted by molar-refractivity contribution is -0.134. The number of fused-ring (bicyclic) bond motifs is 1. The van der Waals surface area contributed by atoms with Crippen molar-refractivity contribution >= 4 is 46.4 Å². The Morgan fingerprint density at radius 2 is 1.85 bits per heavy atom. The predicted octanol–water partition coefficient (Wildman–Crippen LogP) is 6.14. The molecule has 1 fully saturated rings. The Labute approximate surface area is 207 Å². The van der Waals surface area contributed by atoms with Crippen LogP contribution in [0.3, 0.4) is 0 Å². The third-order valence-corrected chi connectivity index (χ3v) is 7.94. The number of hydrogen-bond acceptors (Lipinski definition) is 3. The minimum absolute atomic E-state index is 0.0391. The lowest BCUT2D eigenvalue weighted by Crippen LogP contribution is -2.47. The smallest absolute Gasteiger partial charge is 0.256 e. The number of rotatable bonds is 5. The number of nitrogens with zero attached hydrogens (tertiary/aromatic N) is 2. The van der Waals surface area contributed by atoms with Crippen LogP contribution in [0, 0.1) is 6.92 Å². The van der Waals surface area contributed by atoms with Gasteiger partial charge in [-0.2, -0.15) is 0 Å². The van der Waals surface area contributed by atoms with Crippen LogP contribution < -0.4 is 0 Å². The third kappa shape index (κ3) is 4.54. The predicted molar refractivity (Wildman–Crippen MR) is 133 cm³/mol. The molecule has 5 rings (SSSR count). The molecule has 1 aliphatic carbocycles. The Morgan fingerprint density at radius 3 is 2.55 bits per heavy atom. The number of carbonyl (C=O) groups excluding carboxylic acids is 2. The largest absolute Gasteiger partial charge is 0.330 e. The molecule has 7 heteroatoms. The molecule has 2 amide bonds. The van der Waals surface area contributed by atoms with Gasteiger partial charge in [0, 0.05) is 22.5 Å². The van der Waals surface area contributed by atoms with Crippen molar-refractivity contribution in [3.05, 3.63) is 91.1 Å². The van der Waals surface area contributed by atoms with Gasteiger partial charge in [-0.1, -0.05) is 53.0 Å². The van der Waals surface area contributed by atoms with Gasteiger partial charge in [0.25, 0.3) is 5.91 Å². The van der Waals surface area contributed by atoms with E-state index in [2.05, 4.69) is 42.6 Å². The maximum Gasteiger partial charge on any atom is 0.256 e. The SMILES string of the molecule is Cc1ccc(C2c3ccsc3CCN2C(=O)CN(C(=O)c2ccc(Cl)cc2Cl)C2CC2)cc1. The van der Waals surface area contributed by atoms with E-state index in [9.17, 15) is 9.59 Å². The fourth-order valence-corrected chi connectivity index (χ4v) is 5.89. The highest BCUT2D eigenvalue weighted by molar-refractivity contribution is 7.10. The molecule has 3 aromatic rings. The summed E-state index contributed by atoms with van der Waals surface area (Å²) < 4.78 is 0. The highest BCUT2D eigenvalue weighted by Crippen LogP contribution is 2.38. The van der Waals surface area contributed by atoms with Crippen molar-refractivity contribution in [3.63, 3.8) is 0 Å². The summed E-state index contributed by atoms with van der Waals surface area (Å²) in [5.74, 6) is -0.254. The van der Waals surface area contributed by atoms with Crippen LogP contribution in [-0.4, -0.2) is 40.7 Å². The summed E-state index contributed by atoms with van der Waals surface area (Å²) in [6, 6.07) is 15.3. The van der Waals surface area contributed by atoms with Crippen LogP contribution in [0.5, 0.6) is 0 Å². The van der Waals surface area contributed by atoms with E-state index >= 15 is 0 Å². The monoisotopic (exact) mass is 498 g/mol. The van der Waals surface area contributed by atoms with Crippen molar-refractivity contribution in [2.75, 3.05) is 13.1 Å². The van der Waals surface area contributed by atoms with Gasteiger partial charge in [0.05, 0.1) is 16.6 Å². The summed E-state index contributed by atoms with van der Waals surface area (Å²) in [7, 11) is 0. The second-order valence-corrected chi connectivity index (χ2v) is 10.6. The fraction of sp³-hybridized carbons (Fsp3) is 0.308. The lowest BCUT2D eigenvalue weighted by atomic mass is 9.92. The minimum Gasteiger partial charge on any atom is -0.330 e. The Bertz CT molecular complexity index is 1200. The molecular formula is C26H24Cl2N2O2S. The van der Waals surface area contributed by atoms with Gasteiger partial charge in [-0.05, 0) is 67.0 Å². The van der Waals surface area contributed by atoms with E-state index in [1.165, 1.54) is 16.0 Å². The van der Waals surface area contributed by atoms with E-state index in [0.717, 1.165) is 24.8 Å². The number of benzene rings is 2. The van der Waals surface area contributed by atoms with Gasteiger partial charge in [-0.15, -0.1) is 11.3 Å². The topological polar surface area (TPSA) is 40.6 Å². The number of carbonyl (C=O) groups is 2. The summed E-state index contributed by atoms with van der Waals surface area (Å²) >= 11 is 14.1. The fourth-order valence-electron chi connectivity index (χ4n) is 4.50. The van der Waals surface area contributed by atoms with Crippen LogP contribution in [0.25, 0.3) is 0 Å². The molecule has 1 aliphatic heterocycles. The van der Waals surface area contributed by atoms with Crippen molar-refractivity contribution in [1.82, 2.24) is 9.80 Å². The molecule has 4 nitrogen and oxygen atoms in total. The number of halogens is 2. The summed E-state index contributed by atoms with van der Waals surface area (Å²) in [6.45, 7) is 2.74. The van der Waals surface area contributed by atoms with E-state index in [1.807, 2.05) is 4.90 Å². The molecule has 170 valence electrons. The number of thiophene rings is 1. The summed E-state index contributed by atoms with van der Waals surface area (Å²) in [4.78, 5) is 32.0.